The van der Waals surface area contributed by atoms with Gasteiger partial charge in [-0.3, -0.25) is 16.3 Å². The summed E-state index contributed by atoms with van der Waals surface area (Å²) in [4.78, 5) is 4.57. The average molecular weight is 249 g/mol. The molecule has 1 aromatic rings. The third-order valence-corrected chi connectivity index (χ3v) is 3.93. The number of nitrogens with zero attached hydrogens (tertiary/aromatic N) is 1. The normalized spacial score (nSPS) is 22.3. The van der Waals surface area contributed by atoms with Crippen LogP contribution in [0.4, 0.5) is 0 Å². The SMILES string of the molecule is COC(C)CC(NN)C1CCCc2cccnc21. The van der Waals surface area contributed by atoms with Crippen LogP contribution < -0.4 is 11.3 Å². The monoisotopic (exact) mass is 249 g/mol. The zero-order valence-electron chi connectivity index (χ0n) is 11.2. The van der Waals surface area contributed by atoms with Crippen LogP contribution in [0.5, 0.6) is 0 Å². The Labute approximate surface area is 109 Å². The van der Waals surface area contributed by atoms with E-state index in [1.165, 1.54) is 17.7 Å². The minimum absolute atomic E-state index is 0.208. The van der Waals surface area contributed by atoms with Crippen molar-refractivity contribution in [2.45, 2.75) is 50.7 Å². The van der Waals surface area contributed by atoms with Gasteiger partial charge in [0.05, 0.1) is 6.10 Å². The van der Waals surface area contributed by atoms with Gasteiger partial charge in [-0.1, -0.05) is 6.07 Å². The van der Waals surface area contributed by atoms with Crippen molar-refractivity contribution >= 4 is 0 Å². The first-order valence-electron chi connectivity index (χ1n) is 6.69. The fraction of sp³-hybridized carbons (Fsp3) is 0.643. The number of nitrogens with two attached hydrogens (primary N) is 1. The van der Waals surface area contributed by atoms with E-state index in [-0.39, 0.29) is 12.1 Å². The van der Waals surface area contributed by atoms with Crippen LogP contribution in [0.15, 0.2) is 18.3 Å². The van der Waals surface area contributed by atoms with E-state index >= 15 is 0 Å². The molecule has 3 N–H and O–H groups in total. The summed E-state index contributed by atoms with van der Waals surface area (Å²) >= 11 is 0. The summed E-state index contributed by atoms with van der Waals surface area (Å²) in [5.41, 5.74) is 5.55. The highest BCUT2D eigenvalue weighted by atomic mass is 16.5. The molecule has 0 amide bonds. The lowest BCUT2D eigenvalue weighted by Gasteiger charge is -2.32. The Morgan fingerprint density at radius 1 is 1.61 bits per heavy atom. The largest absolute Gasteiger partial charge is 0.382 e. The van der Waals surface area contributed by atoms with Gasteiger partial charge in [-0.25, -0.2) is 0 Å². The molecular formula is C14H23N3O. The number of fused-ring (bicyclic) bond motifs is 1. The highest BCUT2D eigenvalue weighted by Crippen LogP contribution is 2.33. The van der Waals surface area contributed by atoms with E-state index in [1.54, 1.807) is 7.11 Å². The highest BCUT2D eigenvalue weighted by Gasteiger charge is 2.29. The van der Waals surface area contributed by atoms with Crippen molar-refractivity contribution < 1.29 is 4.74 Å². The first-order chi connectivity index (χ1) is 8.76. The summed E-state index contributed by atoms with van der Waals surface area (Å²) in [6.45, 7) is 2.08. The van der Waals surface area contributed by atoms with Gasteiger partial charge in [0.2, 0.25) is 0 Å². The maximum Gasteiger partial charge on any atom is 0.0558 e. The van der Waals surface area contributed by atoms with Gasteiger partial charge < -0.3 is 4.74 Å². The molecule has 0 aliphatic heterocycles. The minimum Gasteiger partial charge on any atom is -0.382 e. The second-order valence-corrected chi connectivity index (χ2v) is 5.10. The van der Waals surface area contributed by atoms with Crippen molar-refractivity contribution in [2.75, 3.05) is 7.11 Å². The van der Waals surface area contributed by atoms with Crippen LogP contribution in [-0.4, -0.2) is 24.2 Å². The Balaban J connectivity index is 2.17. The molecule has 0 bridgehead atoms. The number of hydrogen-bond donors (Lipinski definition) is 2. The maximum absolute atomic E-state index is 5.73. The smallest absolute Gasteiger partial charge is 0.0558 e. The van der Waals surface area contributed by atoms with Crippen LogP contribution in [-0.2, 0) is 11.2 Å². The third kappa shape index (κ3) is 2.88. The van der Waals surface area contributed by atoms with Gasteiger partial charge in [0.15, 0.2) is 0 Å². The Bertz CT molecular complexity index is 383. The molecule has 18 heavy (non-hydrogen) atoms. The first kappa shape index (κ1) is 13.5. The Morgan fingerprint density at radius 2 is 2.44 bits per heavy atom. The van der Waals surface area contributed by atoms with Crippen LogP contribution in [0.2, 0.25) is 0 Å². The van der Waals surface area contributed by atoms with Crippen LogP contribution in [0.1, 0.15) is 43.4 Å². The number of methoxy groups -OCH3 is 1. The van der Waals surface area contributed by atoms with Gasteiger partial charge in [0.25, 0.3) is 0 Å². The van der Waals surface area contributed by atoms with E-state index in [0.717, 1.165) is 19.3 Å². The summed E-state index contributed by atoms with van der Waals surface area (Å²) in [7, 11) is 1.74. The standard InChI is InChI=1S/C14H23N3O/c1-10(18-2)9-13(17-15)12-7-3-5-11-6-4-8-16-14(11)12/h4,6,8,10,12-13,17H,3,5,7,9,15H2,1-2H3. The molecule has 1 aromatic heterocycles. The molecule has 3 atom stereocenters. The fourth-order valence-electron chi connectivity index (χ4n) is 2.84. The molecule has 0 saturated heterocycles. The lowest BCUT2D eigenvalue weighted by Crippen LogP contribution is -2.43. The van der Waals surface area contributed by atoms with E-state index in [4.69, 9.17) is 10.6 Å². The van der Waals surface area contributed by atoms with Crippen LogP contribution in [0.3, 0.4) is 0 Å². The maximum atomic E-state index is 5.73. The lowest BCUT2D eigenvalue weighted by atomic mass is 9.80. The first-order valence-corrected chi connectivity index (χ1v) is 6.69. The summed E-state index contributed by atoms with van der Waals surface area (Å²) < 4.78 is 5.35. The summed E-state index contributed by atoms with van der Waals surface area (Å²) in [5.74, 6) is 6.13. The summed E-state index contributed by atoms with van der Waals surface area (Å²) in [6.07, 6.45) is 6.49. The topological polar surface area (TPSA) is 60.2 Å². The van der Waals surface area contributed by atoms with Crippen molar-refractivity contribution in [3.63, 3.8) is 0 Å². The number of hydrazine groups is 1. The zero-order chi connectivity index (χ0) is 13.0. The van der Waals surface area contributed by atoms with Crippen LogP contribution in [0.25, 0.3) is 0 Å². The highest BCUT2D eigenvalue weighted by molar-refractivity contribution is 5.27. The van der Waals surface area contributed by atoms with Crippen molar-refractivity contribution in [1.29, 1.82) is 0 Å². The van der Waals surface area contributed by atoms with Gasteiger partial charge >= 0.3 is 0 Å². The zero-order valence-corrected chi connectivity index (χ0v) is 11.2. The van der Waals surface area contributed by atoms with Gasteiger partial charge in [0, 0.05) is 31.0 Å². The quantitative estimate of drug-likeness (QED) is 0.616. The van der Waals surface area contributed by atoms with Gasteiger partial charge in [-0.05, 0) is 44.2 Å². The lowest BCUT2D eigenvalue weighted by molar-refractivity contribution is 0.0955. The molecule has 3 unspecified atom stereocenters. The molecule has 1 heterocycles. The molecule has 1 aliphatic rings. The molecule has 2 rings (SSSR count). The van der Waals surface area contributed by atoms with Gasteiger partial charge in [-0.2, -0.15) is 0 Å². The predicted octanol–water partition coefficient (Wildman–Crippen LogP) is 1.76. The van der Waals surface area contributed by atoms with Crippen molar-refractivity contribution in [2.24, 2.45) is 5.84 Å². The van der Waals surface area contributed by atoms with Crippen molar-refractivity contribution in [1.82, 2.24) is 10.4 Å². The predicted molar refractivity (Wildman–Crippen MR) is 72.1 cm³/mol. The Hall–Kier alpha value is -0.970. The molecule has 4 heteroatoms. The molecule has 4 nitrogen and oxygen atoms in total. The Kier molecular flexibility index (Phi) is 4.69. The molecule has 0 spiro atoms. The molecule has 0 radical (unpaired) electrons. The number of hydrogen-bond acceptors (Lipinski definition) is 4. The minimum atomic E-state index is 0.208. The van der Waals surface area contributed by atoms with Gasteiger partial charge in [0.1, 0.15) is 0 Å². The number of nitrogens with one attached hydrogen (secondary N) is 1. The van der Waals surface area contributed by atoms with E-state index in [0.29, 0.717) is 5.92 Å². The fourth-order valence-corrected chi connectivity index (χ4v) is 2.84. The third-order valence-electron chi connectivity index (χ3n) is 3.93. The summed E-state index contributed by atoms with van der Waals surface area (Å²) in [5, 5.41) is 0. The number of ether oxygens (including phenoxy) is 1. The molecule has 1 aliphatic carbocycles. The number of rotatable bonds is 5. The molecule has 0 fully saturated rings. The molecule has 100 valence electrons. The van der Waals surface area contributed by atoms with Gasteiger partial charge in [-0.15, -0.1) is 0 Å². The molecule has 0 saturated carbocycles. The number of pyridine rings is 1. The van der Waals surface area contributed by atoms with E-state index < -0.39 is 0 Å². The van der Waals surface area contributed by atoms with E-state index in [9.17, 15) is 0 Å². The summed E-state index contributed by atoms with van der Waals surface area (Å²) in [6, 6.07) is 4.43. The van der Waals surface area contributed by atoms with E-state index in [2.05, 4.69) is 23.4 Å². The average Bonchev–Trinajstić information content (AvgIpc) is 2.44. The van der Waals surface area contributed by atoms with E-state index in [1.807, 2.05) is 12.3 Å². The van der Waals surface area contributed by atoms with Crippen LogP contribution >= 0.6 is 0 Å². The van der Waals surface area contributed by atoms with Crippen molar-refractivity contribution in [3.05, 3.63) is 29.6 Å². The Morgan fingerprint density at radius 3 is 3.17 bits per heavy atom. The van der Waals surface area contributed by atoms with Crippen molar-refractivity contribution in [3.8, 4) is 0 Å². The molecular weight excluding hydrogens is 226 g/mol. The van der Waals surface area contributed by atoms with Crippen LogP contribution in [0, 0.1) is 0 Å². The number of aryl methyl sites for hydroxylation is 1. The second-order valence-electron chi connectivity index (χ2n) is 5.10. The number of aromatic nitrogens is 1. The second kappa shape index (κ2) is 6.27. The molecule has 0 aromatic carbocycles.